The van der Waals surface area contributed by atoms with Gasteiger partial charge in [0.1, 0.15) is 5.82 Å². The largest absolute Gasteiger partial charge is 0.315 e. The van der Waals surface area contributed by atoms with E-state index in [1.165, 1.54) is 0 Å². The van der Waals surface area contributed by atoms with Crippen molar-refractivity contribution >= 4 is 0 Å². The molecule has 1 heterocycles. The second-order valence-electron chi connectivity index (χ2n) is 4.38. The van der Waals surface area contributed by atoms with Crippen molar-refractivity contribution in [3.63, 3.8) is 0 Å². The van der Waals surface area contributed by atoms with E-state index in [4.69, 9.17) is 5.73 Å². The summed E-state index contributed by atoms with van der Waals surface area (Å²) in [5.74, 6) is 1.71. The lowest BCUT2D eigenvalue weighted by molar-refractivity contribution is 0.512. The summed E-state index contributed by atoms with van der Waals surface area (Å²) in [6.45, 7) is 6.81. The van der Waals surface area contributed by atoms with Crippen LogP contribution in [0.5, 0.6) is 0 Å². The molecular formula is C13H18N4. The molecule has 1 unspecified atom stereocenters. The number of benzene rings is 1. The molecular weight excluding hydrogens is 212 g/mol. The molecule has 1 atom stereocenters. The second kappa shape index (κ2) is 4.30. The van der Waals surface area contributed by atoms with E-state index < -0.39 is 5.54 Å². The number of nitrogens with zero attached hydrogens (tertiary/aromatic N) is 3. The third-order valence-electron chi connectivity index (χ3n) is 3.09. The molecule has 2 aromatic rings. The van der Waals surface area contributed by atoms with Crippen LogP contribution in [0.3, 0.4) is 0 Å². The van der Waals surface area contributed by atoms with E-state index in [0.717, 1.165) is 23.8 Å². The van der Waals surface area contributed by atoms with E-state index in [0.29, 0.717) is 0 Å². The number of hydrogen-bond donors (Lipinski definition) is 1. The monoisotopic (exact) mass is 230 g/mol. The highest BCUT2D eigenvalue weighted by Gasteiger charge is 2.29. The molecule has 0 spiro atoms. The van der Waals surface area contributed by atoms with Crippen molar-refractivity contribution < 1.29 is 0 Å². The van der Waals surface area contributed by atoms with Gasteiger partial charge in [0.25, 0.3) is 0 Å². The highest BCUT2D eigenvalue weighted by atomic mass is 15.3. The Labute approximate surface area is 101 Å². The van der Waals surface area contributed by atoms with Gasteiger partial charge in [-0.15, -0.1) is 10.2 Å². The highest BCUT2D eigenvalue weighted by Crippen LogP contribution is 2.25. The van der Waals surface area contributed by atoms with Crippen molar-refractivity contribution in [1.29, 1.82) is 0 Å². The lowest BCUT2D eigenvalue weighted by Crippen LogP contribution is -2.37. The summed E-state index contributed by atoms with van der Waals surface area (Å²) in [4.78, 5) is 0. The number of aromatic nitrogens is 3. The number of hydrogen-bond acceptors (Lipinski definition) is 3. The first-order chi connectivity index (χ1) is 8.07. The molecule has 0 aliphatic rings. The first kappa shape index (κ1) is 11.8. The Morgan fingerprint density at radius 3 is 2.47 bits per heavy atom. The second-order valence-corrected chi connectivity index (χ2v) is 4.38. The molecule has 0 aliphatic heterocycles. The van der Waals surface area contributed by atoms with Crippen LogP contribution in [0.2, 0.25) is 0 Å². The first-order valence-corrected chi connectivity index (χ1v) is 5.82. The zero-order valence-corrected chi connectivity index (χ0v) is 10.5. The molecule has 4 nitrogen and oxygen atoms in total. The molecule has 90 valence electrons. The van der Waals surface area contributed by atoms with E-state index in [2.05, 4.69) is 17.1 Å². The van der Waals surface area contributed by atoms with E-state index >= 15 is 0 Å². The zero-order valence-electron chi connectivity index (χ0n) is 10.5. The minimum Gasteiger partial charge on any atom is -0.315 e. The Morgan fingerprint density at radius 1 is 1.24 bits per heavy atom. The smallest absolute Gasteiger partial charge is 0.157 e. The minimum absolute atomic E-state index is 0.613. The van der Waals surface area contributed by atoms with Gasteiger partial charge in [0.15, 0.2) is 5.82 Å². The average Bonchev–Trinajstić information content (AvgIpc) is 2.72. The van der Waals surface area contributed by atoms with Gasteiger partial charge in [-0.1, -0.05) is 30.3 Å². The van der Waals surface area contributed by atoms with Crippen LogP contribution in [0.1, 0.15) is 31.1 Å². The Bertz CT molecular complexity index is 499. The molecule has 2 N–H and O–H groups in total. The van der Waals surface area contributed by atoms with Crippen LogP contribution >= 0.6 is 0 Å². The third kappa shape index (κ3) is 1.96. The van der Waals surface area contributed by atoms with E-state index in [1.807, 2.05) is 48.7 Å². The van der Waals surface area contributed by atoms with Gasteiger partial charge in [0, 0.05) is 6.54 Å². The predicted octanol–water partition coefficient (Wildman–Crippen LogP) is 1.83. The molecule has 0 saturated heterocycles. The van der Waals surface area contributed by atoms with Crippen LogP contribution in [-0.4, -0.2) is 14.8 Å². The Kier molecular flexibility index (Phi) is 2.98. The predicted molar refractivity (Wildman–Crippen MR) is 67.5 cm³/mol. The van der Waals surface area contributed by atoms with Crippen molar-refractivity contribution in [2.75, 3.05) is 0 Å². The number of aryl methyl sites for hydroxylation is 1. The minimum atomic E-state index is -0.613. The summed E-state index contributed by atoms with van der Waals surface area (Å²) in [7, 11) is 0. The zero-order chi connectivity index (χ0) is 12.5. The van der Waals surface area contributed by atoms with Crippen molar-refractivity contribution in [2.24, 2.45) is 5.73 Å². The van der Waals surface area contributed by atoms with Crippen molar-refractivity contribution in [3.8, 4) is 0 Å². The van der Waals surface area contributed by atoms with Gasteiger partial charge in [-0.3, -0.25) is 0 Å². The maximum absolute atomic E-state index is 6.43. The summed E-state index contributed by atoms with van der Waals surface area (Å²) in [6, 6.07) is 9.99. The first-order valence-electron chi connectivity index (χ1n) is 5.82. The molecule has 1 aromatic carbocycles. The Morgan fingerprint density at radius 2 is 1.88 bits per heavy atom. The van der Waals surface area contributed by atoms with Crippen LogP contribution in [0.4, 0.5) is 0 Å². The van der Waals surface area contributed by atoms with Crippen molar-refractivity contribution in [3.05, 3.63) is 47.5 Å². The van der Waals surface area contributed by atoms with Gasteiger partial charge in [0.2, 0.25) is 0 Å². The fourth-order valence-corrected chi connectivity index (χ4v) is 2.06. The van der Waals surface area contributed by atoms with Crippen LogP contribution in [0.15, 0.2) is 30.3 Å². The molecule has 1 aromatic heterocycles. The summed E-state index contributed by atoms with van der Waals surface area (Å²) >= 11 is 0. The van der Waals surface area contributed by atoms with Crippen LogP contribution < -0.4 is 5.73 Å². The molecule has 0 aliphatic carbocycles. The quantitative estimate of drug-likeness (QED) is 0.875. The SMILES string of the molecule is CCn1c(C)nnc1C(C)(N)c1ccccc1. The van der Waals surface area contributed by atoms with Crippen LogP contribution in [0.25, 0.3) is 0 Å². The van der Waals surface area contributed by atoms with Gasteiger partial charge in [-0.25, -0.2) is 0 Å². The highest BCUT2D eigenvalue weighted by molar-refractivity contribution is 5.30. The molecule has 17 heavy (non-hydrogen) atoms. The van der Waals surface area contributed by atoms with Crippen molar-refractivity contribution in [2.45, 2.75) is 32.9 Å². The molecule has 4 heteroatoms. The fourth-order valence-electron chi connectivity index (χ4n) is 2.06. The summed E-state index contributed by atoms with van der Waals surface area (Å²) < 4.78 is 2.05. The molecule has 0 amide bonds. The van der Waals surface area contributed by atoms with Gasteiger partial charge < -0.3 is 10.3 Å². The van der Waals surface area contributed by atoms with E-state index in [9.17, 15) is 0 Å². The molecule has 2 rings (SSSR count). The maximum Gasteiger partial charge on any atom is 0.157 e. The van der Waals surface area contributed by atoms with Gasteiger partial charge >= 0.3 is 0 Å². The van der Waals surface area contributed by atoms with Gasteiger partial charge in [-0.05, 0) is 26.3 Å². The van der Waals surface area contributed by atoms with E-state index in [1.54, 1.807) is 0 Å². The molecule has 0 radical (unpaired) electrons. The summed E-state index contributed by atoms with van der Waals surface area (Å²) in [5, 5.41) is 8.33. The third-order valence-corrected chi connectivity index (χ3v) is 3.09. The Hall–Kier alpha value is -1.68. The summed E-state index contributed by atoms with van der Waals surface area (Å²) in [5.41, 5.74) is 6.86. The fraction of sp³-hybridized carbons (Fsp3) is 0.385. The maximum atomic E-state index is 6.43. The molecule has 0 fully saturated rings. The lowest BCUT2D eigenvalue weighted by atomic mass is 9.92. The molecule has 0 saturated carbocycles. The lowest BCUT2D eigenvalue weighted by Gasteiger charge is -2.24. The van der Waals surface area contributed by atoms with Gasteiger partial charge in [0.05, 0.1) is 5.54 Å². The number of rotatable bonds is 3. The van der Waals surface area contributed by atoms with E-state index in [-0.39, 0.29) is 0 Å². The topological polar surface area (TPSA) is 56.7 Å². The van der Waals surface area contributed by atoms with Crippen LogP contribution in [-0.2, 0) is 12.1 Å². The van der Waals surface area contributed by atoms with Gasteiger partial charge in [-0.2, -0.15) is 0 Å². The summed E-state index contributed by atoms with van der Waals surface area (Å²) in [6.07, 6.45) is 0. The molecule has 0 bridgehead atoms. The normalized spacial score (nSPS) is 14.6. The van der Waals surface area contributed by atoms with Crippen molar-refractivity contribution in [1.82, 2.24) is 14.8 Å². The average molecular weight is 230 g/mol. The Balaban J connectivity index is 2.51. The number of nitrogens with two attached hydrogens (primary N) is 1. The van der Waals surface area contributed by atoms with Crippen LogP contribution in [0, 0.1) is 6.92 Å². The standard InChI is InChI=1S/C13H18N4/c1-4-17-10(2)15-16-12(17)13(3,14)11-8-6-5-7-9-11/h5-9H,4,14H2,1-3H3.